The smallest absolute Gasteiger partial charge is 0.741 e. The number of rotatable bonds is 3. The second kappa shape index (κ2) is 14.5. The summed E-state index contributed by atoms with van der Waals surface area (Å²) >= 11 is 0. The molecule has 0 radical (unpaired) electrons. The number of benzene rings is 3. The van der Waals surface area contributed by atoms with Gasteiger partial charge in [0.25, 0.3) is 0 Å². The van der Waals surface area contributed by atoms with E-state index in [4.69, 9.17) is 13.0 Å². The zero-order chi connectivity index (χ0) is 25.2. The van der Waals surface area contributed by atoms with Crippen molar-refractivity contribution in [2.24, 2.45) is 0 Å². The van der Waals surface area contributed by atoms with E-state index < -0.39 is 23.5 Å². The van der Waals surface area contributed by atoms with Crippen LogP contribution in [0.5, 0.6) is 0 Å². The first-order chi connectivity index (χ1) is 15.3. The minimum Gasteiger partial charge on any atom is -0.741 e. The van der Waals surface area contributed by atoms with E-state index in [0.29, 0.717) is 0 Å². The van der Waals surface area contributed by atoms with Crippen LogP contribution in [-0.4, -0.2) is 18.5 Å². The Labute approximate surface area is 215 Å². The van der Waals surface area contributed by atoms with Crippen molar-refractivity contribution in [1.29, 1.82) is 0 Å². The minimum absolute atomic E-state index is 0. The number of hydrogen-bond acceptors (Lipinski definition) is 3. The Bertz CT molecular complexity index is 1060. The van der Waals surface area contributed by atoms with Crippen molar-refractivity contribution < 1.29 is 46.6 Å². The average molecular weight is 601 g/mol. The van der Waals surface area contributed by atoms with Crippen molar-refractivity contribution in [3.63, 3.8) is 0 Å². The van der Waals surface area contributed by atoms with Gasteiger partial charge in [0.15, 0.2) is 10.1 Å². The number of hydrogen-bond donors (Lipinski definition) is 0. The molecule has 0 heterocycles. The van der Waals surface area contributed by atoms with Crippen LogP contribution in [0.1, 0.15) is 16.7 Å². The first-order valence-electron chi connectivity index (χ1n) is 9.74. The fraction of sp³-hybridized carbons (Fsp3) is 0.160. The summed E-state index contributed by atoms with van der Waals surface area (Å²) in [5.41, 5.74) is -1.52. The molecule has 0 saturated heterocycles. The third kappa shape index (κ3) is 9.37. The zero-order valence-electron chi connectivity index (χ0n) is 19.0. The fourth-order valence-corrected chi connectivity index (χ4v) is 5.60. The van der Waals surface area contributed by atoms with Gasteiger partial charge in [-0.1, -0.05) is 72.8 Å². The van der Waals surface area contributed by atoms with E-state index in [9.17, 15) is 13.2 Å². The molecule has 9 heteroatoms. The molecule has 0 aromatic heterocycles. The molecule has 34 heavy (non-hydrogen) atoms. The molecular weight excluding hydrogens is 575 g/mol. The van der Waals surface area contributed by atoms with Gasteiger partial charge in [0, 0.05) is 0 Å². The van der Waals surface area contributed by atoms with Gasteiger partial charge < -0.3 is 4.55 Å². The van der Waals surface area contributed by atoms with Crippen LogP contribution in [0.25, 0.3) is 0 Å². The van der Waals surface area contributed by atoms with Gasteiger partial charge in [0.1, 0.15) is 0 Å². The van der Waals surface area contributed by atoms with Crippen molar-refractivity contribution in [2.75, 3.05) is 0 Å². The number of halogens is 3. The summed E-state index contributed by atoms with van der Waals surface area (Å²) in [4.78, 5) is 0. The van der Waals surface area contributed by atoms with Crippen molar-refractivity contribution in [2.45, 2.75) is 26.3 Å². The van der Waals surface area contributed by atoms with E-state index in [2.05, 4.69) is 107 Å². The normalized spacial score (nSPS) is 10.7. The summed E-state index contributed by atoms with van der Waals surface area (Å²) in [7, 11) is -6.60. The second-order valence-corrected chi connectivity index (χ2v) is 10.4. The molecule has 0 bridgehead atoms. The summed E-state index contributed by atoms with van der Waals surface area (Å²) in [6.07, 6.45) is 1.50. The molecule has 0 aliphatic heterocycles. The van der Waals surface area contributed by atoms with Crippen LogP contribution >= 0.6 is 7.92 Å². The van der Waals surface area contributed by atoms with Crippen LogP contribution in [0.3, 0.4) is 0 Å². The summed E-state index contributed by atoms with van der Waals surface area (Å²) in [6, 6.07) is 26.4. The summed E-state index contributed by atoms with van der Waals surface area (Å²) in [5, 5.41) is 4.38. The maximum Gasteiger partial charge on any atom is 2.00 e. The molecule has 0 saturated carbocycles. The summed E-state index contributed by atoms with van der Waals surface area (Å²) in [6.45, 7) is 13.2. The topological polar surface area (TPSA) is 57.2 Å². The minimum atomic E-state index is -6.09. The molecule has 3 aromatic rings. The van der Waals surface area contributed by atoms with Gasteiger partial charge in [-0.25, -0.2) is 28.0 Å². The van der Waals surface area contributed by atoms with Crippen LogP contribution in [0, 0.1) is 27.7 Å². The number of allylic oxidation sites excluding steroid dienone is 1. The van der Waals surface area contributed by atoms with Gasteiger partial charge in [-0.05, 0) is 61.3 Å². The molecule has 3 nitrogen and oxygen atoms in total. The second-order valence-electron chi connectivity index (χ2n) is 6.88. The van der Waals surface area contributed by atoms with Crippen molar-refractivity contribution in [3.8, 4) is 0 Å². The Balaban J connectivity index is 0.000000770. The number of aryl methyl sites for hydroxylation is 3. The van der Waals surface area contributed by atoms with Crippen molar-refractivity contribution >= 4 is 34.0 Å². The third-order valence-electron chi connectivity index (χ3n) is 4.35. The van der Waals surface area contributed by atoms with Gasteiger partial charge in [-0.3, -0.25) is 0 Å². The van der Waals surface area contributed by atoms with E-state index in [1.165, 1.54) is 38.7 Å². The molecule has 0 atom stereocenters. The maximum atomic E-state index is 10.7. The van der Waals surface area contributed by atoms with E-state index >= 15 is 0 Å². The Kier molecular flexibility index (Phi) is 13.6. The van der Waals surface area contributed by atoms with E-state index in [1.54, 1.807) is 0 Å². The molecular formula is C25H26F3O3PPdS. The first-order valence-corrected chi connectivity index (χ1v) is 12.5. The Morgan fingerprint density at radius 2 is 1.00 bits per heavy atom. The molecule has 3 aromatic carbocycles. The molecule has 0 spiro atoms. The van der Waals surface area contributed by atoms with Gasteiger partial charge in [0.05, 0.1) is 0 Å². The molecule has 0 unspecified atom stereocenters. The van der Waals surface area contributed by atoms with Gasteiger partial charge in [-0.15, -0.1) is 0 Å². The van der Waals surface area contributed by atoms with Crippen LogP contribution in [-0.2, 0) is 30.5 Å². The predicted molar refractivity (Wildman–Crippen MR) is 131 cm³/mol. The molecule has 0 aliphatic rings. The first kappa shape index (κ1) is 32.1. The van der Waals surface area contributed by atoms with E-state index in [1.807, 2.05) is 0 Å². The molecule has 0 N–H and O–H groups in total. The fourth-order valence-electron chi connectivity index (χ4n) is 2.83. The SMILES string of the molecule is C=C[CH2-].Cc1ccccc1P(c1ccccc1C)c1ccccc1C.O=S(=O)([O-])C(F)(F)F.[Pd+2]. The monoisotopic (exact) mass is 600 g/mol. The van der Waals surface area contributed by atoms with Crippen molar-refractivity contribution in [1.82, 2.24) is 0 Å². The largest absolute Gasteiger partial charge is 2.00 e. The zero-order valence-corrected chi connectivity index (χ0v) is 22.2. The Hall–Kier alpha value is -1.94. The average Bonchev–Trinajstić information content (AvgIpc) is 2.72. The standard InChI is InChI=1S/C21H21P.C3H5.CHF3O3S.Pd/c1-16-10-4-7-13-19(16)22(20-14-8-5-11-17(20)2)21-15-9-6-12-18(21)3;1-3-2;2-1(3,4)8(5,6)7;/h4-15H,1-3H3;3H,1-2H2;(H,5,6,7);/q;-1;;+2/p-1. The van der Waals surface area contributed by atoms with Gasteiger partial charge >= 0.3 is 25.9 Å². The number of alkyl halides is 3. The van der Waals surface area contributed by atoms with Crippen LogP contribution < -0.4 is 15.9 Å². The Morgan fingerprint density at radius 1 is 0.794 bits per heavy atom. The van der Waals surface area contributed by atoms with Crippen molar-refractivity contribution in [3.05, 3.63) is 109 Å². The molecule has 0 amide bonds. The van der Waals surface area contributed by atoms with E-state index in [-0.39, 0.29) is 20.4 Å². The summed E-state index contributed by atoms with van der Waals surface area (Å²) in [5.74, 6) is 0. The molecule has 0 fully saturated rings. The third-order valence-corrected chi connectivity index (χ3v) is 7.87. The van der Waals surface area contributed by atoms with Crippen LogP contribution in [0.15, 0.2) is 85.5 Å². The summed E-state index contributed by atoms with van der Waals surface area (Å²) < 4.78 is 58.9. The molecule has 3 rings (SSSR count). The maximum absolute atomic E-state index is 10.7. The van der Waals surface area contributed by atoms with E-state index in [0.717, 1.165) is 0 Å². The van der Waals surface area contributed by atoms with Crippen LogP contribution in [0.2, 0.25) is 0 Å². The van der Waals surface area contributed by atoms with Gasteiger partial charge in [-0.2, -0.15) is 13.2 Å². The quantitative estimate of drug-likeness (QED) is 0.133. The molecule has 186 valence electrons. The Morgan fingerprint density at radius 3 is 1.18 bits per heavy atom. The van der Waals surface area contributed by atoms with Gasteiger partial charge in [0.2, 0.25) is 0 Å². The molecule has 0 aliphatic carbocycles. The van der Waals surface area contributed by atoms with Crippen LogP contribution in [0.4, 0.5) is 13.2 Å². The predicted octanol–water partition coefficient (Wildman–Crippen LogP) is 5.43.